The SMILES string of the molecule is CN1C(=O)CC(c2ccncn2)NC1OC[C@H]1CCN(c2ccccc2)C1. The Kier molecular flexibility index (Phi) is 5.31. The van der Waals surface area contributed by atoms with E-state index in [4.69, 9.17) is 4.74 Å². The average Bonchev–Trinajstić information content (AvgIpc) is 3.19. The Balaban J connectivity index is 1.34. The van der Waals surface area contributed by atoms with Crippen LogP contribution in [0.4, 0.5) is 5.69 Å². The summed E-state index contributed by atoms with van der Waals surface area (Å²) in [5.74, 6) is 0.509. The highest BCUT2D eigenvalue weighted by Gasteiger charge is 2.34. The summed E-state index contributed by atoms with van der Waals surface area (Å²) in [5, 5.41) is 3.40. The summed E-state index contributed by atoms with van der Waals surface area (Å²) in [6, 6.07) is 12.1. The van der Waals surface area contributed by atoms with E-state index in [1.165, 1.54) is 12.0 Å². The molecule has 2 aliphatic rings. The van der Waals surface area contributed by atoms with Crippen LogP contribution in [0.15, 0.2) is 48.9 Å². The summed E-state index contributed by atoms with van der Waals surface area (Å²) >= 11 is 0. The van der Waals surface area contributed by atoms with Gasteiger partial charge in [0.1, 0.15) is 6.33 Å². The molecule has 0 radical (unpaired) electrons. The number of para-hydroxylation sites is 1. The maximum Gasteiger partial charge on any atom is 0.227 e. The Labute approximate surface area is 159 Å². The summed E-state index contributed by atoms with van der Waals surface area (Å²) in [7, 11) is 1.78. The van der Waals surface area contributed by atoms with Crippen molar-refractivity contribution < 1.29 is 9.53 Å². The van der Waals surface area contributed by atoms with Crippen LogP contribution in [-0.2, 0) is 9.53 Å². The Morgan fingerprint density at radius 1 is 1.26 bits per heavy atom. The standard InChI is InChI=1S/C20H25N5O2/c1-24-19(26)11-18(17-7-9-21-14-22-17)23-20(24)27-13-15-8-10-25(12-15)16-5-3-2-4-6-16/h2-7,9,14-15,18,20,23H,8,10-13H2,1H3/t15-,18?,20?/m0/s1. The second kappa shape index (κ2) is 8.02. The first kappa shape index (κ1) is 17.9. The zero-order valence-corrected chi connectivity index (χ0v) is 15.5. The number of carbonyl (C=O) groups is 1. The Hall–Kier alpha value is -2.51. The largest absolute Gasteiger partial charge is 0.371 e. The van der Waals surface area contributed by atoms with Crippen molar-refractivity contribution in [1.82, 2.24) is 20.2 Å². The Bertz CT molecular complexity index is 757. The van der Waals surface area contributed by atoms with Crippen molar-refractivity contribution in [3.63, 3.8) is 0 Å². The first-order valence-corrected chi connectivity index (χ1v) is 9.40. The van der Waals surface area contributed by atoms with Gasteiger partial charge in [-0.25, -0.2) is 9.97 Å². The highest BCUT2D eigenvalue weighted by Crippen LogP contribution is 2.26. The Morgan fingerprint density at radius 2 is 2.11 bits per heavy atom. The van der Waals surface area contributed by atoms with Crippen LogP contribution < -0.4 is 10.2 Å². The van der Waals surface area contributed by atoms with Crippen LogP contribution in [0.2, 0.25) is 0 Å². The number of benzene rings is 1. The van der Waals surface area contributed by atoms with E-state index in [-0.39, 0.29) is 11.9 Å². The lowest BCUT2D eigenvalue weighted by Gasteiger charge is -2.37. The Morgan fingerprint density at radius 3 is 2.89 bits per heavy atom. The number of hydrogen-bond donors (Lipinski definition) is 1. The maximum atomic E-state index is 12.4. The van der Waals surface area contributed by atoms with Gasteiger partial charge in [-0.1, -0.05) is 18.2 Å². The van der Waals surface area contributed by atoms with Crippen molar-refractivity contribution in [2.45, 2.75) is 25.2 Å². The van der Waals surface area contributed by atoms with E-state index < -0.39 is 6.35 Å². The van der Waals surface area contributed by atoms with Crippen molar-refractivity contribution >= 4 is 11.6 Å². The normalized spacial score (nSPS) is 25.8. The number of nitrogens with zero attached hydrogens (tertiary/aromatic N) is 4. The number of aromatic nitrogens is 2. The third-order valence-corrected chi connectivity index (χ3v) is 5.33. The molecule has 7 nitrogen and oxygen atoms in total. The molecule has 4 rings (SSSR count). The molecule has 0 saturated carbocycles. The molecule has 142 valence electrons. The van der Waals surface area contributed by atoms with Crippen LogP contribution in [-0.4, -0.2) is 53.9 Å². The van der Waals surface area contributed by atoms with Crippen molar-refractivity contribution in [1.29, 1.82) is 0 Å². The predicted molar refractivity (Wildman–Crippen MR) is 102 cm³/mol. The summed E-state index contributed by atoms with van der Waals surface area (Å²) in [6.45, 7) is 2.63. The smallest absolute Gasteiger partial charge is 0.227 e. The molecule has 0 bridgehead atoms. The van der Waals surface area contributed by atoms with Crippen molar-refractivity contribution in [3.05, 3.63) is 54.6 Å². The lowest BCUT2D eigenvalue weighted by Crippen LogP contribution is -2.55. The minimum atomic E-state index is -0.433. The predicted octanol–water partition coefficient (Wildman–Crippen LogP) is 1.80. The van der Waals surface area contributed by atoms with E-state index in [9.17, 15) is 4.79 Å². The molecule has 2 aliphatic heterocycles. The van der Waals surface area contributed by atoms with Gasteiger partial charge in [-0.05, 0) is 24.6 Å². The third-order valence-electron chi connectivity index (χ3n) is 5.33. The van der Waals surface area contributed by atoms with Gasteiger partial charge >= 0.3 is 0 Å². The van der Waals surface area contributed by atoms with Gasteiger partial charge in [-0.2, -0.15) is 0 Å². The van der Waals surface area contributed by atoms with Gasteiger partial charge in [0, 0.05) is 44.4 Å². The lowest BCUT2D eigenvalue weighted by atomic mass is 10.1. The minimum absolute atomic E-state index is 0.0553. The van der Waals surface area contributed by atoms with Gasteiger partial charge in [0.2, 0.25) is 5.91 Å². The van der Waals surface area contributed by atoms with E-state index in [0.717, 1.165) is 25.2 Å². The van der Waals surface area contributed by atoms with Gasteiger partial charge < -0.3 is 14.5 Å². The van der Waals surface area contributed by atoms with Gasteiger partial charge in [-0.3, -0.25) is 10.1 Å². The zero-order valence-electron chi connectivity index (χ0n) is 15.5. The molecule has 1 aromatic heterocycles. The number of amides is 1. The van der Waals surface area contributed by atoms with Crippen LogP contribution >= 0.6 is 0 Å². The van der Waals surface area contributed by atoms with Gasteiger partial charge in [0.25, 0.3) is 0 Å². The van der Waals surface area contributed by atoms with Crippen molar-refractivity contribution in [2.24, 2.45) is 5.92 Å². The van der Waals surface area contributed by atoms with Crippen molar-refractivity contribution in [3.8, 4) is 0 Å². The fourth-order valence-electron chi connectivity index (χ4n) is 3.72. The molecule has 2 saturated heterocycles. The van der Waals surface area contributed by atoms with Crippen LogP contribution in [0.25, 0.3) is 0 Å². The molecule has 7 heteroatoms. The first-order chi connectivity index (χ1) is 13.2. The van der Waals surface area contributed by atoms with Crippen molar-refractivity contribution in [2.75, 3.05) is 31.6 Å². The average molecular weight is 367 g/mol. The van der Waals surface area contributed by atoms with Crippen LogP contribution in [0.1, 0.15) is 24.6 Å². The van der Waals surface area contributed by atoms with E-state index in [1.807, 2.05) is 12.1 Å². The highest BCUT2D eigenvalue weighted by molar-refractivity contribution is 5.77. The summed E-state index contributed by atoms with van der Waals surface area (Å²) in [5.41, 5.74) is 2.07. The molecule has 0 aliphatic carbocycles. The van der Waals surface area contributed by atoms with E-state index in [2.05, 4.69) is 44.5 Å². The molecular weight excluding hydrogens is 342 g/mol. The quantitative estimate of drug-likeness (QED) is 0.869. The van der Waals surface area contributed by atoms with Crippen LogP contribution in [0.3, 0.4) is 0 Å². The zero-order chi connectivity index (χ0) is 18.6. The molecule has 27 heavy (non-hydrogen) atoms. The molecule has 2 unspecified atom stereocenters. The molecule has 1 amide bonds. The van der Waals surface area contributed by atoms with E-state index in [1.54, 1.807) is 18.1 Å². The number of hydrogen-bond acceptors (Lipinski definition) is 6. The van der Waals surface area contributed by atoms with Gasteiger partial charge in [0.05, 0.1) is 18.3 Å². The number of rotatable bonds is 5. The molecule has 3 atom stereocenters. The maximum absolute atomic E-state index is 12.4. The van der Waals surface area contributed by atoms with E-state index in [0.29, 0.717) is 18.9 Å². The summed E-state index contributed by atoms with van der Waals surface area (Å²) in [4.78, 5) is 24.6. The number of carbonyl (C=O) groups excluding carboxylic acids is 1. The minimum Gasteiger partial charge on any atom is -0.371 e. The molecule has 1 N–H and O–H groups in total. The second-order valence-corrected chi connectivity index (χ2v) is 7.18. The molecule has 0 spiro atoms. The second-order valence-electron chi connectivity index (χ2n) is 7.18. The third kappa shape index (κ3) is 4.09. The number of ether oxygens (including phenoxy) is 1. The topological polar surface area (TPSA) is 70.6 Å². The van der Waals surface area contributed by atoms with Gasteiger partial charge in [0.15, 0.2) is 6.35 Å². The number of anilines is 1. The molecule has 1 aromatic carbocycles. The van der Waals surface area contributed by atoms with E-state index >= 15 is 0 Å². The van der Waals surface area contributed by atoms with Crippen LogP contribution in [0.5, 0.6) is 0 Å². The molecular formula is C20H25N5O2. The molecule has 2 aromatic rings. The van der Waals surface area contributed by atoms with Gasteiger partial charge in [-0.15, -0.1) is 0 Å². The fourth-order valence-corrected chi connectivity index (χ4v) is 3.72. The summed E-state index contributed by atoms with van der Waals surface area (Å²) < 4.78 is 6.11. The molecule has 2 fully saturated rings. The molecule has 3 heterocycles. The number of nitrogens with one attached hydrogen (secondary N) is 1. The fraction of sp³-hybridized carbons (Fsp3) is 0.450. The summed E-state index contributed by atoms with van der Waals surface area (Å²) in [6.07, 6.45) is 4.23. The highest BCUT2D eigenvalue weighted by atomic mass is 16.5. The first-order valence-electron chi connectivity index (χ1n) is 9.40. The lowest BCUT2D eigenvalue weighted by molar-refractivity contribution is -0.158. The monoisotopic (exact) mass is 367 g/mol. The van der Waals surface area contributed by atoms with Crippen LogP contribution in [0, 0.1) is 5.92 Å².